The molecule has 0 radical (unpaired) electrons. The Labute approximate surface area is 176 Å². The predicted octanol–water partition coefficient (Wildman–Crippen LogP) is 4.29. The van der Waals surface area contributed by atoms with Crippen molar-refractivity contribution >= 4 is 5.91 Å². The van der Waals surface area contributed by atoms with Gasteiger partial charge in [-0.2, -0.15) is 13.2 Å². The summed E-state index contributed by atoms with van der Waals surface area (Å²) >= 11 is 0. The van der Waals surface area contributed by atoms with Gasteiger partial charge in [-0.3, -0.25) is 4.79 Å². The first-order valence-corrected chi connectivity index (χ1v) is 9.83. The molecule has 2 atom stereocenters. The molecule has 0 aliphatic heterocycles. The zero-order valence-electron chi connectivity index (χ0n) is 17.3. The summed E-state index contributed by atoms with van der Waals surface area (Å²) in [5.41, 5.74) is -0.164. The van der Waals surface area contributed by atoms with Crippen molar-refractivity contribution in [1.29, 1.82) is 0 Å². The van der Waals surface area contributed by atoms with Crippen molar-refractivity contribution in [2.24, 2.45) is 0 Å². The van der Waals surface area contributed by atoms with Crippen LogP contribution < -0.4 is 0 Å². The Morgan fingerprint density at radius 2 is 1.63 bits per heavy atom. The zero-order valence-corrected chi connectivity index (χ0v) is 17.3. The molecule has 0 aromatic heterocycles. The number of alkyl halides is 3. The number of hydrogen-bond donors (Lipinski definition) is 2. The lowest BCUT2D eigenvalue weighted by atomic mass is 10.0. The predicted molar refractivity (Wildman–Crippen MR) is 112 cm³/mol. The summed E-state index contributed by atoms with van der Waals surface area (Å²) in [6.07, 6.45) is 6.25. The molecule has 1 amide bonds. The van der Waals surface area contributed by atoms with E-state index in [-0.39, 0.29) is 5.91 Å². The monoisotopic (exact) mass is 425 g/mol. The Morgan fingerprint density at radius 1 is 1.03 bits per heavy atom. The molecular formula is C23H30F3NO3. The lowest BCUT2D eigenvalue weighted by molar-refractivity contribution is -0.137. The SMILES string of the molecule is CN(C)C(=O)CCCC(O)/C=C/C=C/C=C/C(O)CCc1cccc(C(F)(F)F)c1. The van der Waals surface area contributed by atoms with Crippen molar-refractivity contribution in [2.45, 2.75) is 50.5 Å². The third kappa shape index (κ3) is 11.0. The van der Waals surface area contributed by atoms with Gasteiger partial charge in [0, 0.05) is 20.5 Å². The fraction of sp³-hybridized carbons (Fsp3) is 0.435. The number of carbonyl (C=O) groups excluding carboxylic acids is 1. The van der Waals surface area contributed by atoms with Crippen LogP contribution in [0.2, 0.25) is 0 Å². The smallest absolute Gasteiger partial charge is 0.389 e. The third-order valence-electron chi connectivity index (χ3n) is 4.37. The van der Waals surface area contributed by atoms with Crippen LogP contribution in [0.3, 0.4) is 0 Å². The molecule has 1 aromatic rings. The van der Waals surface area contributed by atoms with Crippen LogP contribution in [0, 0.1) is 0 Å². The Bertz CT molecular complexity index is 739. The number of halogens is 3. The van der Waals surface area contributed by atoms with E-state index in [0.29, 0.717) is 37.7 Å². The summed E-state index contributed by atoms with van der Waals surface area (Å²) < 4.78 is 38.1. The van der Waals surface area contributed by atoms with Crippen LogP contribution in [0.4, 0.5) is 13.2 Å². The first-order valence-electron chi connectivity index (χ1n) is 9.83. The van der Waals surface area contributed by atoms with E-state index in [1.807, 2.05) is 0 Å². The van der Waals surface area contributed by atoms with Crippen LogP contribution in [0.15, 0.2) is 60.7 Å². The summed E-state index contributed by atoms with van der Waals surface area (Å²) in [5, 5.41) is 19.8. The molecule has 166 valence electrons. The van der Waals surface area contributed by atoms with E-state index in [9.17, 15) is 28.2 Å². The summed E-state index contributed by atoms with van der Waals surface area (Å²) in [4.78, 5) is 13.0. The third-order valence-corrected chi connectivity index (χ3v) is 4.37. The molecule has 1 aromatic carbocycles. The summed E-state index contributed by atoms with van der Waals surface area (Å²) in [5.74, 6) is 0.0304. The van der Waals surface area contributed by atoms with Gasteiger partial charge in [0.1, 0.15) is 0 Å². The number of allylic oxidation sites excluding steroid dienone is 4. The Balaban J connectivity index is 2.32. The van der Waals surface area contributed by atoms with Crippen LogP contribution in [-0.4, -0.2) is 47.3 Å². The first kappa shape index (κ1) is 25.7. The number of aliphatic hydroxyl groups excluding tert-OH is 2. The number of aryl methyl sites for hydroxylation is 1. The number of carbonyl (C=O) groups is 1. The summed E-state index contributed by atoms with van der Waals surface area (Å²) in [7, 11) is 3.39. The van der Waals surface area contributed by atoms with Crippen molar-refractivity contribution in [1.82, 2.24) is 4.90 Å². The van der Waals surface area contributed by atoms with Crippen molar-refractivity contribution in [3.8, 4) is 0 Å². The molecule has 2 unspecified atom stereocenters. The molecule has 1 rings (SSSR count). The van der Waals surface area contributed by atoms with Gasteiger partial charge in [0.05, 0.1) is 17.8 Å². The quantitative estimate of drug-likeness (QED) is 0.520. The molecule has 0 spiro atoms. The van der Waals surface area contributed by atoms with Crippen LogP contribution in [-0.2, 0) is 17.4 Å². The maximum absolute atomic E-state index is 12.7. The minimum atomic E-state index is -4.37. The summed E-state index contributed by atoms with van der Waals surface area (Å²) in [6, 6.07) is 5.10. The number of amides is 1. The second kappa shape index (κ2) is 13.0. The number of benzene rings is 1. The van der Waals surface area contributed by atoms with E-state index in [2.05, 4.69) is 0 Å². The van der Waals surface area contributed by atoms with Crippen LogP contribution >= 0.6 is 0 Å². The van der Waals surface area contributed by atoms with Gasteiger partial charge in [-0.05, 0) is 37.3 Å². The number of rotatable bonds is 11. The van der Waals surface area contributed by atoms with Gasteiger partial charge >= 0.3 is 6.18 Å². The molecule has 30 heavy (non-hydrogen) atoms. The zero-order chi connectivity index (χ0) is 22.6. The highest BCUT2D eigenvalue weighted by Gasteiger charge is 2.30. The average molecular weight is 425 g/mol. The van der Waals surface area contributed by atoms with Gasteiger partial charge in [0.15, 0.2) is 0 Å². The molecule has 0 bridgehead atoms. The molecule has 0 saturated carbocycles. The van der Waals surface area contributed by atoms with Gasteiger partial charge in [-0.15, -0.1) is 0 Å². The largest absolute Gasteiger partial charge is 0.416 e. The highest BCUT2D eigenvalue weighted by atomic mass is 19.4. The number of aliphatic hydroxyl groups is 2. The van der Waals surface area contributed by atoms with Crippen molar-refractivity contribution in [3.63, 3.8) is 0 Å². The normalized spacial score (nSPS) is 14.6. The minimum Gasteiger partial charge on any atom is -0.389 e. The maximum Gasteiger partial charge on any atom is 0.416 e. The Morgan fingerprint density at radius 3 is 2.20 bits per heavy atom. The second-order valence-electron chi connectivity index (χ2n) is 7.21. The van der Waals surface area contributed by atoms with E-state index in [1.165, 1.54) is 11.0 Å². The van der Waals surface area contributed by atoms with E-state index in [1.54, 1.807) is 56.6 Å². The topological polar surface area (TPSA) is 60.8 Å². The van der Waals surface area contributed by atoms with Crippen LogP contribution in [0.5, 0.6) is 0 Å². The fourth-order valence-electron chi connectivity index (χ4n) is 2.61. The van der Waals surface area contributed by atoms with Gasteiger partial charge in [0.25, 0.3) is 0 Å². The van der Waals surface area contributed by atoms with E-state index in [0.717, 1.165) is 12.1 Å². The Hall–Kier alpha value is -2.38. The maximum atomic E-state index is 12.7. The molecule has 7 heteroatoms. The number of hydrogen-bond acceptors (Lipinski definition) is 3. The fourth-order valence-corrected chi connectivity index (χ4v) is 2.61. The van der Waals surface area contributed by atoms with Gasteiger partial charge < -0.3 is 15.1 Å². The highest BCUT2D eigenvalue weighted by Crippen LogP contribution is 2.29. The van der Waals surface area contributed by atoms with Crippen molar-refractivity contribution < 1.29 is 28.2 Å². The van der Waals surface area contributed by atoms with Crippen molar-refractivity contribution in [3.05, 3.63) is 71.8 Å². The van der Waals surface area contributed by atoms with Gasteiger partial charge in [-0.25, -0.2) is 0 Å². The second-order valence-corrected chi connectivity index (χ2v) is 7.21. The molecular weight excluding hydrogens is 395 g/mol. The van der Waals surface area contributed by atoms with Gasteiger partial charge in [-0.1, -0.05) is 54.7 Å². The standard InChI is InChI=1S/C23H30F3NO3/c1-27(2)22(30)14-8-13-20(28)11-5-3-4-6-12-21(29)16-15-18-9-7-10-19(17-18)23(24,25)26/h3-7,9-12,17,20-21,28-29H,8,13-16H2,1-2H3/b4-3+,11-5+,12-6+. The lowest BCUT2D eigenvalue weighted by Crippen LogP contribution is -2.21. The summed E-state index contributed by atoms with van der Waals surface area (Å²) in [6.45, 7) is 0. The molecule has 0 heterocycles. The molecule has 0 aliphatic carbocycles. The van der Waals surface area contributed by atoms with Gasteiger partial charge in [0.2, 0.25) is 5.91 Å². The average Bonchev–Trinajstić information content (AvgIpc) is 2.68. The van der Waals surface area contributed by atoms with Crippen molar-refractivity contribution in [2.75, 3.05) is 14.1 Å². The molecule has 4 nitrogen and oxygen atoms in total. The molecule has 0 fully saturated rings. The van der Waals surface area contributed by atoms with E-state index < -0.39 is 23.9 Å². The molecule has 0 aliphatic rings. The van der Waals surface area contributed by atoms with E-state index >= 15 is 0 Å². The van der Waals surface area contributed by atoms with Crippen LogP contribution in [0.25, 0.3) is 0 Å². The highest BCUT2D eigenvalue weighted by molar-refractivity contribution is 5.75. The van der Waals surface area contributed by atoms with E-state index in [4.69, 9.17) is 0 Å². The van der Waals surface area contributed by atoms with Crippen LogP contribution in [0.1, 0.15) is 36.8 Å². The molecule has 2 N–H and O–H groups in total. The number of nitrogens with zero attached hydrogens (tertiary/aromatic N) is 1. The molecule has 0 saturated heterocycles. The Kier molecular flexibility index (Phi) is 11.1. The lowest BCUT2D eigenvalue weighted by Gasteiger charge is -2.10. The minimum absolute atomic E-state index is 0.0304. The first-order chi connectivity index (χ1) is 14.1.